The van der Waals surface area contributed by atoms with Gasteiger partial charge in [0.05, 0.1) is 12.7 Å². The fourth-order valence-corrected chi connectivity index (χ4v) is 4.05. The number of carbonyl (C=O) groups is 2. The maximum atomic E-state index is 13.2. The van der Waals surface area contributed by atoms with Crippen molar-refractivity contribution in [2.75, 3.05) is 57.1 Å². The number of hydrogen-bond donors (Lipinski definition) is 1. The minimum atomic E-state index is -0.376. The average molecular weight is 433 g/mol. The van der Waals surface area contributed by atoms with E-state index in [1.807, 2.05) is 36.4 Å². The molecular formula is C25H28N4O3. The summed E-state index contributed by atoms with van der Waals surface area (Å²) in [4.78, 5) is 32.1. The van der Waals surface area contributed by atoms with Crippen molar-refractivity contribution in [1.29, 1.82) is 0 Å². The molecule has 0 saturated carbocycles. The molecule has 2 aromatic carbocycles. The molecule has 1 N–H and O–H groups in total. The number of amides is 2. The zero-order chi connectivity index (χ0) is 22.7. The Kier molecular flexibility index (Phi) is 6.28. The van der Waals surface area contributed by atoms with Crippen molar-refractivity contribution in [1.82, 2.24) is 9.80 Å². The highest BCUT2D eigenvalue weighted by atomic mass is 16.5. The molecule has 0 spiro atoms. The van der Waals surface area contributed by atoms with Crippen molar-refractivity contribution in [3.8, 4) is 5.75 Å². The van der Waals surface area contributed by atoms with Gasteiger partial charge in [-0.05, 0) is 37.4 Å². The van der Waals surface area contributed by atoms with Crippen LogP contribution in [-0.4, -0.2) is 68.5 Å². The molecule has 1 fully saturated rings. The van der Waals surface area contributed by atoms with Crippen LogP contribution in [0.5, 0.6) is 5.75 Å². The molecule has 0 bridgehead atoms. The highest BCUT2D eigenvalue weighted by molar-refractivity contribution is 6.37. The van der Waals surface area contributed by atoms with Crippen LogP contribution in [0.3, 0.4) is 0 Å². The van der Waals surface area contributed by atoms with Gasteiger partial charge in [-0.2, -0.15) is 0 Å². The molecule has 166 valence electrons. The van der Waals surface area contributed by atoms with E-state index in [1.54, 1.807) is 25.3 Å². The van der Waals surface area contributed by atoms with Gasteiger partial charge in [-0.15, -0.1) is 6.58 Å². The van der Waals surface area contributed by atoms with E-state index in [1.165, 1.54) is 4.90 Å². The Morgan fingerprint density at radius 2 is 1.69 bits per heavy atom. The highest BCUT2D eigenvalue weighted by Crippen LogP contribution is 2.35. The Morgan fingerprint density at radius 1 is 1.00 bits per heavy atom. The summed E-state index contributed by atoms with van der Waals surface area (Å²) >= 11 is 0. The number of anilines is 2. The predicted molar refractivity (Wildman–Crippen MR) is 127 cm³/mol. The third kappa shape index (κ3) is 4.11. The zero-order valence-corrected chi connectivity index (χ0v) is 18.5. The number of rotatable bonds is 7. The van der Waals surface area contributed by atoms with Crippen LogP contribution in [-0.2, 0) is 9.59 Å². The molecule has 32 heavy (non-hydrogen) atoms. The van der Waals surface area contributed by atoms with Crippen molar-refractivity contribution < 1.29 is 14.3 Å². The van der Waals surface area contributed by atoms with Gasteiger partial charge in [0.2, 0.25) is 0 Å². The van der Waals surface area contributed by atoms with Gasteiger partial charge in [0.1, 0.15) is 11.4 Å². The number of para-hydroxylation sites is 1. The monoisotopic (exact) mass is 432 g/mol. The predicted octanol–water partition coefficient (Wildman–Crippen LogP) is 2.83. The zero-order valence-electron chi connectivity index (χ0n) is 18.5. The molecule has 7 heteroatoms. The molecule has 0 aliphatic carbocycles. The number of likely N-dealkylation sites (N-methyl/N-ethyl adjacent to an activating group) is 1. The summed E-state index contributed by atoms with van der Waals surface area (Å²) in [7, 11) is 3.68. The number of carbonyl (C=O) groups excluding carboxylic acids is 2. The minimum Gasteiger partial charge on any atom is -0.496 e. The van der Waals surface area contributed by atoms with E-state index in [0.29, 0.717) is 16.9 Å². The molecule has 0 unspecified atom stereocenters. The lowest BCUT2D eigenvalue weighted by Crippen LogP contribution is -2.44. The Hall–Kier alpha value is -3.58. The summed E-state index contributed by atoms with van der Waals surface area (Å²) in [6.07, 6.45) is 1.55. The second-order valence-corrected chi connectivity index (χ2v) is 7.92. The maximum absolute atomic E-state index is 13.2. The van der Waals surface area contributed by atoms with E-state index in [2.05, 4.69) is 28.7 Å². The first kappa shape index (κ1) is 21.6. The first-order chi connectivity index (χ1) is 15.5. The lowest BCUT2D eigenvalue weighted by atomic mass is 10.0. The van der Waals surface area contributed by atoms with Crippen LogP contribution in [0.15, 0.2) is 66.9 Å². The molecule has 2 aliphatic heterocycles. The number of methoxy groups -OCH3 is 1. The molecule has 2 heterocycles. The molecule has 0 radical (unpaired) electrons. The van der Waals surface area contributed by atoms with E-state index < -0.39 is 0 Å². The fourth-order valence-electron chi connectivity index (χ4n) is 4.05. The lowest BCUT2D eigenvalue weighted by molar-refractivity contribution is -0.136. The van der Waals surface area contributed by atoms with Gasteiger partial charge in [0.25, 0.3) is 11.8 Å². The van der Waals surface area contributed by atoms with Gasteiger partial charge in [0.15, 0.2) is 0 Å². The quantitative estimate of drug-likeness (QED) is 0.536. The fraction of sp³-hybridized carbons (Fsp3) is 0.280. The van der Waals surface area contributed by atoms with E-state index in [4.69, 9.17) is 4.74 Å². The standard InChI is InChI=1S/C25H28N4O3/c1-4-13-29-24(30)22(20-7-5-6-8-21(20)32-3)23(25(29)31)26-18-9-11-19(12-10-18)28-16-14-27(2)15-17-28/h4-12,26H,1,13-17H2,2-3H3. The van der Waals surface area contributed by atoms with Gasteiger partial charge in [-0.3, -0.25) is 14.5 Å². The van der Waals surface area contributed by atoms with Crippen LogP contribution in [0.4, 0.5) is 11.4 Å². The Balaban J connectivity index is 1.65. The average Bonchev–Trinajstić information content (AvgIpc) is 3.04. The third-order valence-corrected chi connectivity index (χ3v) is 5.86. The van der Waals surface area contributed by atoms with Gasteiger partial charge in [0, 0.05) is 49.7 Å². The Morgan fingerprint density at radius 3 is 2.34 bits per heavy atom. The summed E-state index contributed by atoms with van der Waals surface area (Å²) in [5.41, 5.74) is 3.01. The molecule has 2 amide bonds. The number of imide groups is 1. The van der Waals surface area contributed by atoms with Crippen LogP contribution in [0.1, 0.15) is 5.56 Å². The van der Waals surface area contributed by atoms with Crippen molar-refractivity contribution in [3.05, 3.63) is 72.4 Å². The van der Waals surface area contributed by atoms with E-state index in [-0.39, 0.29) is 24.1 Å². The molecular weight excluding hydrogens is 404 g/mol. The normalized spacial score (nSPS) is 17.2. The largest absolute Gasteiger partial charge is 0.496 e. The van der Waals surface area contributed by atoms with E-state index in [9.17, 15) is 9.59 Å². The molecule has 2 aromatic rings. The highest BCUT2D eigenvalue weighted by Gasteiger charge is 2.39. The van der Waals surface area contributed by atoms with Crippen molar-refractivity contribution in [2.24, 2.45) is 0 Å². The number of nitrogens with one attached hydrogen (secondary N) is 1. The van der Waals surface area contributed by atoms with Gasteiger partial charge >= 0.3 is 0 Å². The molecule has 0 atom stereocenters. The third-order valence-electron chi connectivity index (χ3n) is 5.86. The SMILES string of the molecule is C=CCN1C(=O)C(Nc2ccc(N3CCN(C)CC3)cc2)=C(c2ccccc2OC)C1=O. The summed E-state index contributed by atoms with van der Waals surface area (Å²) < 4.78 is 5.45. The van der Waals surface area contributed by atoms with Crippen LogP contribution in [0.25, 0.3) is 5.57 Å². The lowest BCUT2D eigenvalue weighted by Gasteiger charge is -2.34. The molecule has 4 rings (SSSR count). The molecule has 7 nitrogen and oxygen atoms in total. The minimum absolute atomic E-state index is 0.143. The Labute approximate surface area is 188 Å². The summed E-state index contributed by atoms with van der Waals surface area (Å²) in [5, 5.41) is 3.20. The van der Waals surface area contributed by atoms with Gasteiger partial charge in [-0.25, -0.2) is 0 Å². The van der Waals surface area contributed by atoms with E-state index >= 15 is 0 Å². The van der Waals surface area contributed by atoms with Crippen molar-refractivity contribution in [2.45, 2.75) is 0 Å². The van der Waals surface area contributed by atoms with Crippen LogP contribution >= 0.6 is 0 Å². The van der Waals surface area contributed by atoms with Gasteiger partial charge in [-0.1, -0.05) is 24.3 Å². The van der Waals surface area contributed by atoms with Crippen LogP contribution < -0.4 is 15.0 Å². The van der Waals surface area contributed by atoms with Crippen LogP contribution in [0, 0.1) is 0 Å². The summed E-state index contributed by atoms with van der Waals surface area (Å²) in [6.45, 7) is 7.85. The number of benzene rings is 2. The number of ether oxygens (including phenoxy) is 1. The molecule has 2 aliphatic rings. The second kappa shape index (κ2) is 9.28. The number of nitrogens with zero attached hydrogens (tertiary/aromatic N) is 3. The second-order valence-electron chi connectivity index (χ2n) is 7.92. The van der Waals surface area contributed by atoms with E-state index in [0.717, 1.165) is 37.6 Å². The van der Waals surface area contributed by atoms with Gasteiger partial charge < -0.3 is 19.9 Å². The first-order valence-corrected chi connectivity index (χ1v) is 10.7. The molecule has 1 saturated heterocycles. The van der Waals surface area contributed by atoms with Crippen molar-refractivity contribution in [3.63, 3.8) is 0 Å². The number of piperazine rings is 1. The van der Waals surface area contributed by atoms with Crippen LogP contribution in [0.2, 0.25) is 0 Å². The molecule has 0 aromatic heterocycles. The Bertz CT molecular complexity index is 1050. The first-order valence-electron chi connectivity index (χ1n) is 10.7. The summed E-state index contributed by atoms with van der Waals surface area (Å²) in [6, 6.07) is 15.2. The summed E-state index contributed by atoms with van der Waals surface area (Å²) in [5.74, 6) is -0.205. The number of hydrogen-bond acceptors (Lipinski definition) is 6. The smallest absolute Gasteiger partial charge is 0.278 e. The van der Waals surface area contributed by atoms with Crippen molar-refractivity contribution >= 4 is 28.8 Å². The topological polar surface area (TPSA) is 65.1 Å². The maximum Gasteiger partial charge on any atom is 0.278 e.